The first kappa shape index (κ1) is 16.7. The van der Waals surface area contributed by atoms with Crippen molar-refractivity contribution >= 4 is 23.2 Å². The molecule has 0 aromatic heterocycles. The Morgan fingerprint density at radius 1 is 1.26 bits per heavy atom. The smallest absolute Gasteiger partial charge is 0.238 e. The van der Waals surface area contributed by atoms with E-state index in [2.05, 4.69) is 15.5 Å². The van der Waals surface area contributed by atoms with Crippen LogP contribution in [0.3, 0.4) is 0 Å². The monoisotopic (exact) mass is 335 g/mol. The number of amides is 1. The lowest BCUT2D eigenvalue weighted by Crippen LogP contribution is -2.45. The summed E-state index contributed by atoms with van der Waals surface area (Å²) in [6.07, 6.45) is 5.07. The van der Waals surface area contributed by atoms with Gasteiger partial charge in [-0.15, -0.1) is 0 Å². The third kappa shape index (κ3) is 5.20. The molecule has 23 heavy (non-hydrogen) atoms. The van der Waals surface area contributed by atoms with Crippen molar-refractivity contribution in [2.75, 3.05) is 31.5 Å². The number of nitrogens with zero attached hydrogens (tertiary/aromatic N) is 1. The minimum atomic E-state index is 0.0364. The first-order valence-electron chi connectivity index (χ1n) is 8.62. The molecule has 1 aromatic carbocycles. The molecule has 126 valence electrons. The van der Waals surface area contributed by atoms with Crippen LogP contribution in [0.5, 0.6) is 0 Å². The summed E-state index contributed by atoms with van der Waals surface area (Å²) in [5, 5.41) is 7.29. The number of carbonyl (C=O) groups excluding carboxylic acids is 1. The van der Waals surface area contributed by atoms with Gasteiger partial charge in [-0.2, -0.15) is 0 Å². The van der Waals surface area contributed by atoms with Crippen molar-refractivity contribution in [2.45, 2.75) is 38.6 Å². The molecule has 1 amide bonds. The second-order valence-corrected chi connectivity index (χ2v) is 7.32. The lowest BCUT2D eigenvalue weighted by Gasteiger charge is -2.32. The summed E-state index contributed by atoms with van der Waals surface area (Å²) in [4.78, 5) is 14.4. The fourth-order valence-electron chi connectivity index (χ4n) is 3.02. The number of carbonyl (C=O) groups is 1. The van der Waals surface area contributed by atoms with Crippen molar-refractivity contribution in [1.29, 1.82) is 0 Å². The van der Waals surface area contributed by atoms with Crippen molar-refractivity contribution in [3.05, 3.63) is 28.8 Å². The second kappa shape index (κ2) is 7.65. The maximum Gasteiger partial charge on any atom is 0.238 e. The Labute approximate surface area is 143 Å². The third-order valence-corrected chi connectivity index (χ3v) is 5.21. The van der Waals surface area contributed by atoms with Gasteiger partial charge in [0, 0.05) is 29.8 Å². The van der Waals surface area contributed by atoms with E-state index in [1.807, 2.05) is 25.1 Å². The van der Waals surface area contributed by atoms with Gasteiger partial charge in [-0.05, 0) is 62.8 Å². The Hall–Kier alpha value is -1.10. The summed E-state index contributed by atoms with van der Waals surface area (Å²) in [6, 6.07) is 6.26. The third-order valence-electron chi connectivity index (χ3n) is 4.80. The second-order valence-electron chi connectivity index (χ2n) is 6.91. The van der Waals surface area contributed by atoms with E-state index >= 15 is 0 Å². The van der Waals surface area contributed by atoms with Crippen LogP contribution in [-0.4, -0.2) is 43.0 Å². The predicted octanol–water partition coefficient (Wildman–Crippen LogP) is 3.05. The molecular formula is C18H26ClN3O. The van der Waals surface area contributed by atoms with Gasteiger partial charge in [-0.1, -0.05) is 17.7 Å². The van der Waals surface area contributed by atoms with E-state index in [1.54, 1.807) is 0 Å². The van der Waals surface area contributed by atoms with Gasteiger partial charge >= 0.3 is 0 Å². The van der Waals surface area contributed by atoms with E-state index in [9.17, 15) is 4.79 Å². The molecule has 1 aliphatic carbocycles. The van der Waals surface area contributed by atoms with E-state index in [-0.39, 0.29) is 5.91 Å². The number of benzene rings is 1. The van der Waals surface area contributed by atoms with Gasteiger partial charge in [-0.3, -0.25) is 9.69 Å². The number of likely N-dealkylation sites (tertiary alicyclic amines) is 1. The topological polar surface area (TPSA) is 44.4 Å². The molecule has 0 bridgehead atoms. The molecule has 5 heteroatoms. The fraction of sp³-hybridized carbons (Fsp3) is 0.611. The van der Waals surface area contributed by atoms with Gasteiger partial charge in [0.25, 0.3) is 0 Å². The number of aryl methyl sites for hydroxylation is 1. The van der Waals surface area contributed by atoms with Crippen molar-refractivity contribution in [3.8, 4) is 0 Å². The zero-order chi connectivity index (χ0) is 16.2. The van der Waals surface area contributed by atoms with Gasteiger partial charge in [0.1, 0.15) is 0 Å². The molecule has 1 saturated heterocycles. The lowest BCUT2D eigenvalue weighted by atomic mass is 10.0. The minimum absolute atomic E-state index is 0.0364. The van der Waals surface area contributed by atoms with Gasteiger partial charge < -0.3 is 10.6 Å². The summed E-state index contributed by atoms with van der Waals surface area (Å²) in [7, 11) is 0. The highest BCUT2D eigenvalue weighted by atomic mass is 35.5. The van der Waals surface area contributed by atoms with Crippen LogP contribution < -0.4 is 10.6 Å². The lowest BCUT2D eigenvalue weighted by molar-refractivity contribution is -0.117. The summed E-state index contributed by atoms with van der Waals surface area (Å²) < 4.78 is 0. The fourth-order valence-corrected chi connectivity index (χ4v) is 3.21. The largest absolute Gasteiger partial charge is 0.325 e. The van der Waals surface area contributed by atoms with Crippen LogP contribution in [0.25, 0.3) is 0 Å². The van der Waals surface area contributed by atoms with E-state index in [4.69, 9.17) is 11.6 Å². The molecule has 2 N–H and O–H groups in total. The molecule has 1 saturated carbocycles. The van der Waals surface area contributed by atoms with Crippen LogP contribution in [-0.2, 0) is 4.79 Å². The standard InChI is InChI=1S/C18H26ClN3O/c1-13-2-5-16(10-17(13)19)21-18(23)12-22-8-6-15(7-9-22)20-11-14-3-4-14/h2,5,10,14-15,20H,3-4,6-9,11-12H2,1H3,(H,21,23). The SMILES string of the molecule is Cc1ccc(NC(=O)CN2CCC(NCC3CC3)CC2)cc1Cl. The number of nitrogens with one attached hydrogen (secondary N) is 2. The van der Waals surface area contributed by atoms with Crippen LogP contribution in [0.4, 0.5) is 5.69 Å². The van der Waals surface area contributed by atoms with Crippen molar-refractivity contribution in [2.24, 2.45) is 5.92 Å². The van der Waals surface area contributed by atoms with Crippen molar-refractivity contribution < 1.29 is 4.79 Å². The minimum Gasteiger partial charge on any atom is -0.325 e. The van der Waals surface area contributed by atoms with Crippen LogP contribution >= 0.6 is 11.6 Å². The van der Waals surface area contributed by atoms with E-state index in [0.717, 1.165) is 43.1 Å². The quantitative estimate of drug-likeness (QED) is 0.839. The number of halogens is 1. The molecule has 2 fully saturated rings. The first-order chi connectivity index (χ1) is 11.1. The van der Waals surface area contributed by atoms with Gasteiger partial charge in [0.2, 0.25) is 5.91 Å². The summed E-state index contributed by atoms with van der Waals surface area (Å²) in [5.74, 6) is 0.967. The highest BCUT2D eigenvalue weighted by Gasteiger charge is 2.24. The molecule has 4 nitrogen and oxygen atoms in total. The van der Waals surface area contributed by atoms with Gasteiger partial charge in [0.05, 0.1) is 6.54 Å². The maximum atomic E-state index is 12.2. The highest BCUT2D eigenvalue weighted by molar-refractivity contribution is 6.31. The number of rotatable bonds is 6. The molecule has 1 aromatic rings. The summed E-state index contributed by atoms with van der Waals surface area (Å²) in [6.45, 7) is 5.57. The van der Waals surface area contributed by atoms with Gasteiger partial charge in [0.15, 0.2) is 0 Å². The summed E-state index contributed by atoms with van der Waals surface area (Å²) >= 11 is 6.09. The van der Waals surface area contributed by atoms with Gasteiger partial charge in [-0.25, -0.2) is 0 Å². The molecule has 2 aliphatic rings. The van der Waals surface area contributed by atoms with Crippen LogP contribution in [0.2, 0.25) is 5.02 Å². The average Bonchev–Trinajstić information content (AvgIpc) is 3.34. The van der Waals surface area contributed by atoms with E-state index in [0.29, 0.717) is 17.6 Å². The Kier molecular flexibility index (Phi) is 5.57. The molecule has 1 aliphatic heterocycles. The maximum absolute atomic E-state index is 12.2. The highest BCUT2D eigenvalue weighted by Crippen LogP contribution is 2.28. The van der Waals surface area contributed by atoms with Crippen molar-refractivity contribution in [1.82, 2.24) is 10.2 Å². The Morgan fingerprint density at radius 2 is 2.00 bits per heavy atom. The molecule has 0 unspecified atom stereocenters. The van der Waals surface area contributed by atoms with Crippen LogP contribution in [0.1, 0.15) is 31.2 Å². The summed E-state index contributed by atoms with van der Waals surface area (Å²) in [5.41, 5.74) is 1.79. The number of anilines is 1. The van der Waals surface area contributed by atoms with E-state index < -0.39 is 0 Å². The Balaban J connectivity index is 1.39. The first-order valence-corrected chi connectivity index (χ1v) is 8.99. The van der Waals surface area contributed by atoms with Crippen LogP contribution in [0, 0.1) is 12.8 Å². The Bertz CT molecular complexity index is 551. The predicted molar refractivity (Wildman–Crippen MR) is 95.0 cm³/mol. The number of hydrogen-bond acceptors (Lipinski definition) is 3. The number of hydrogen-bond donors (Lipinski definition) is 2. The zero-order valence-electron chi connectivity index (χ0n) is 13.8. The zero-order valence-corrected chi connectivity index (χ0v) is 14.5. The normalized spacial score (nSPS) is 19.7. The molecule has 0 spiro atoms. The van der Waals surface area contributed by atoms with E-state index in [1.165, 1.54) is 19.4 Å². The number of piperidine rings is 1. The van der Waals surface area contributed by atoms with Crippen LogP contribution in [0.15, 0.2) is 18.2 Å². The molecule has 1 heterocycles. The molecule has 3 rings (SSSR count). The van der Waals surface area contributed by atoms with Crippen molar-refractivity contribution in [3.63, 3.8) is 0 Å². The molecular weight excluding hydrogens is 310 g/mol. The Morgan fingerprint density at radius 3 is 2.65 bits per heavy atom. The molecule has 0 atom stereocenters. The average molecular weight is 336 g/mol. The molecule has 0 radical (unpaired) electrons.